The fourth-order valence-corrected chi connectivity index (χ4v) is 1.87. The van der Waals surface area contributed by atoms with Gasteiger partial charge in [-0.15, -0.1) is 0 Å². The van der Waals surface area contributed by atoms with E-state index in [1.54, 1.807) is 24.3 Å². The second kappa shape index (κ2) is 8.35. The number of hydrogen-bond acceptors (Lipinski definition) is 5. The second-order valence-electron chi connectivity index (χ2n) is 4.57. The van der Waals surface area contributed by atoms with Gasteiger partial charge in [0.25, 0.3) is 0 Å². The Morgan fingerprint density at radius 2 is 1.65 bits per heavy atom. The van der Waals surface area contributed by atoms with Crippen molar-refractivity contribution in [1.29, 1.82) is 0 Å². The van der Waals surface area contributed by atoms with Gasteiger partial charge in [-0.05, 0) is 5.56 Å². The number of ketones is 3. The van der Waals surface area contributed by atoms with Crippen molar-refractivity contribution in [2.24, 2.45) is 5.73 Å². The minimum atomic E-state index is -0.689. The van der Waals surface area contributed by atoms with Gasteiger partial charge in [0, 0.05) is 12.8 Å². The molecular formula is C15H19NO4. The van der Waals surface area contributed by atoms with Crippen LogP contribution in [0.25, 0.3) is 0 Å². The Morgan fingerprint density at radius 1 is 1.05 bits per heavy atom. The van der Waals surface area contributed by atoms with Gasteiger partial charge in [0.1, 0.15) is 17.3 Å². The lowest BCUT2D eigenvalue weighted by Crippen LogP contribution is -2.21. The Morgan fingerprint density at radius 3 is 2.20 bits per heavy atom. The highest BCUT2D eigenvalue weighted by atomic mass is 16.3. The molecule has 0 heterocycles. The minimum absolute atomic E-state index is 0.0225. The maximum Gasteiger partial charge on any atom is 0.149 e. The van der Waals surface area contributed by atoms with Crippen LogP contribution in [0.15, 0.2) is 30.3 Å². The van der Waals surface area contributed by atoms with E-state index in [0.29, 0.717) is 5.56 Å². The summed E-state index contributed by atoms with van der Waals surface area (Å²) in [7, 11) is 0. The molecule has 1 aromatic carbocycles. The van der Waals surface area contributed by atoms with Gasteiger partial charge in [0.2, 0.25) is 0 Å². The van der Waals surface area contributed by atoms with Gasteiger partial charge in [0.15, 0.2) is 0 Å². The molecule has 1 rings (SSSR count). The first kappa shape index (κ1) is 16.2. The van der Waals surface area contributed by atoms with E-state index in [4.69, 9.17) is 5.73 Å². The molecule has 20 heavy (non-hydrogen) atoms. The molecule has 0 aliphatic carbocycles. The lowest BCUT2D eigenvalue weighted by molar-refractivity contribution is -0.129. The standard InChI is InChI=1S/C15H19NO4/c16-9-13(19)7-6-12(18)8-15(20)14(10-17)11-4-2-1-3-5-11/h1-5,14,17H,6-10,16H2. The van der Waals surface area contributed by atoms with Gasteiger partial charge in [-0.2, -0.15) is 0 Å². The number of hydrogen-bond donors (Lipinski definition) is 2. The highest BCUT2D eigenvalue weighted by molar-refractivity contribution is 6.03. The summed E-state index contributed by atoms with van der Waals surface area (Å²) in [5.41, 5.74) is 5.83. The van der Waals surface area contributed by atoms with Gasteiger partial charge in [0.05, 0.1) is 25.5 Å². The summed E-state index contributed by atoms with van der Waals surface area (Å²) in [6.07, 6.45) is -0.176. The predicted octanol–water partition coefficient (Wildman–Crippen LogP) is 0.599. The molecule has 108 valence electrons. The number of Topliss-reactive ketones (excluding diaryl/α,β-unsaturated/α-hetero) is 3. The molecule has 0 aromatic heterocycles. The van der Waals surface area contributed by atoms with E-state index in [1.165, 1.54) is 0 Å². The highest BCUT2D eigenvalue weighted by Gasteiger charge is 2.22. The Balaban J connectivity index is 2.56. The Bertz CT molecular complexity index is 470. The predicted molar refractivity (Wildman–Crippen MR) is 74.2 cm³/mol. The van der Waals surface area contributed by atoms with Crippen molar-refractivity contribution < 1.29 is 19.5 Å². The van der Waals surface area contributed by atoms with Crippen molar-refractivity contribution in [1.82, 2.24) is 0 Å². The largest absolute Gasteiger partial charge is 0.395 e. The first-order valence-corrected chi connectivity index (χ1v) is 6.50. The van der Waals surface area contributed by atoms with Gasteiger partial charge < -0.3 is 10.8 Å². The van der Waals surface area contributed by atoms with Crippen LogP contribution in [0.4, 0.5) is 0 Å². The van der Waals surface area contributed by atoms with Gasteiger partial charge >= 0.3 is 0 Å². The van der Waals surface area contributed by atoms with E-state index in [9.17, 15) is 19.5 Å². The number of carbonyl (C=O) groups excluding carboxylic acids is 3. The topological polar surface area (TPSA) is 97.5 Å². The lowest BCUT2D eigenvalue weighted by Gasteiger charge is -2.12. The van der Waals surface area contributed by atoms with Crippen molar-refractivity contribution >= 4 is 17.3 Å². The third-order valence-electron chi connectivity index (χ3n) is 3.05. The zero-order valence-corrected chi connectivity index (χ0v) is 11.2. The van der Waals surface area contributed by atoms with E-state index in [2.05, 4.69) is 0 Å². The lowest BCUT2D eigenvalue weighted by atomic mass is 9.92. The molecule has 5 nitrogen and oxygen atoms in total. The van der Waals surface area contributed by atoms with Crippen LogP contribution >= 0.6 is 0 Å². The summed E-state index contributed by atoms with van der Waals surface area (Å²) in [5.74, 6) is -1.52. The Hall–Kier alpha value is -1.85. The maximum atomic E-state index is 12.0. The van der Waals surface area contributed by atoms with E-state index in [1.807, 2.05) is 6.07 Å². The van der Waals surface area contributed by atoms with Crippen molar-refractivity contribution in [3.05, 3.63) is 35.9 Å². The monoisotopic (exact) mass is 277 g/mol. The summed E-state index contributed by atoms with van der Waals surface area (Å²) in [4.78, 5) is 34.7. The highest BCUT2D eigenvalue weighted by Crippen LogP contribution is 2.18. The number of benzene rings is 1. The minimum Gasteiger partial charge on any atom is -0.395 e. The molecule has 0 spiro atoms. The number of carbonyl (C=O) groups is 3. The van der Waals surface area contributed by atoms with E-state index >= 15 is 0 Å². The van der Waals surface area contributed by atoms with Crippen molar-refractivity contribution in [3.8, 4) is 0 Å². The molecule has 1 aromatic rings. The molecule has 0 radical (unpaired) electrons. The molecule has 3 N–H and O–H groups in total. The molecule has 0 aliphatic rings. The van der Waals surface area contributed by atoms with E-state index in [0.717, 1.165) is 0 Å². The first-order valence-electron chi connectivity index (χ1n) is 6.50. The SMILES string of the molecule is NCC(=O)CCC(=O)CC(=O)C(CO)c1ccccc1. The smallest absolute Gasteiger partial charge is 0.149 e. The Kier molecular flexibility index (Phi) is 6.76. The summed E-state index contributed by atoms with van der Waals surface area (Å²) in [5, 5.41) is 9.32. The average Bonchev–Trinajstić information content (AvgIpc) is 2.46. The van der Waals surface area contributed by atoms with Gasteiger partial charge in [-0.3, -0.25) is 14.4 Å². The molecule has 5 heteroatoms. The Labute approximate surface area is 117 Å². The van der Waals surface area contributed by atoms with Crippen LogP contribution in [0.5, 0.6) is 0 Å². The molecule has 1 atom stereocenters. The average molecular weight is 277 g/mol. The second-order valence-corrected chi connectivity index (χ2v) is 4.57. The maximum absolute atomic E-state index is 12.0. The molecule has 0 amide bonds. The zero-order valence-electron chi connectivity index (χ0n) is 11.2. The quantitative estimate of drug-likeness (QED) is 0.644. The van der Waals surface area contributed by atoms with Gasteiger partial charge in [-0.1, -0.05) is 30.3 Å². The molecule has 0 fully saturated rings. The number of nitrogens with two attached hydrogens (primary N) is 1. The van der Waals surface area contributed by atoms with Crippen LogP contribution in [-0.4, -0.2) is 35.6 Å². The fourth-order valence-electron chi connectivity index (χ4n) is 1.87. The summed E-state index contributed by atoms with van der Waals surface area (Å²) in [6.45, 7) is -0.428. The third-order valence-corrected chi connectivity index (χ3v) is 3.05. The molecule has 1 unspecified atom stereocenters. The molecule has 0 saturated heterocycles. The molecule has 0 saturated carbocycles. The van der Waals surface area contributed by atoms with Gasteiger partial charge in [-0.25, -0.2) is 0 Å². The van der Waals surface area contributed by atoms with Crippen molar-refractivity contribution in [2.75, 3.05) is 13.2 Å². The molecule has 0 bridgehead atoms. The molecular weight excluding hydrogens is 258 g/mol. The van der Waals surface area contributed by atoms with Crippen molar-refractivity contribution in [2.45, 2.75) is 25.2 Å². The van der Waals surface area contributed by atoms with Crippen LogP contribution < -0.4 is 5.73 Å². The first-order chi connectivity index (χ1) is 9.58. The molecule has 0 aliphatic heterocycles. The number of aliphatic hydroxyl groups excluding tert-OH is 1. The van der Waals surface area contributed by atoms with E-state index < -0.39 is 5.92 Å². The summed E-state index contributed by atoms with van der Waals surface area (Å²) in [6, 6.07) is 8.83. The number of aliphatic hydroxyl groups is 1. The van der Waals surface area contributed by atoms with Crippen LogP contribution in [0, 0.1) is 0 Å². The van der Waals surface area contributed by atoms with Crippen molar-refractivity contribution in [3.63, 3.8) is 0 Å². The van der Waals surface area contributed by atoms with Crippen LogP contribution in [0.2, 0.25) is 0 Å². The fraction of sp³-hybridized carbons (Fsp3) is 0.400. The third kappa shape index (κ3) is 5.03. The zero-order chi connectivity index (χ0) is 15.0. The van der Waals surface area contributed by atoms with Crippen LogP contribution in [0.1, 0.15) is 30.7 Å². The van der Waals surface area contributed by atoms with Crippen LogP contribution in [-0.2, 0) is 14.4 Å². The summed E-state index contributed by atoms with van der Waals surface area (Å²) < 4.78 is 0. The van der Waals surface area contributed by atoms with Crippen LogP contribution in [0.3, 0.4) is 0 Å². The van der Waals surface area contributed by atoms with E-state index in [-0.39, 0.29) is 49.8 Å². The number of rotatable bonds is 9. The summed E-state index contributed by atoms with van der Waals surface area (Å²) >= 11 is 0. The normalized spacial score (nSPS) is 11.9.